The first kappa shape index (κ1) is 9.74. The molecule has 0 spiro atoms. The van der Waals surface area contributed by atoms with Crippen LogP contribution in [0.1, 0.15) is 12.0 Å². The molecule has 3 nitrogen and oxygen atoms in total. The number of aryl methyl sites for hydroxylation is 1. The summed E-state index contributed by atoms with van der Waals surface area (Å²) in [6.45, 7) is 2.19. The zero-order valence-corrected chi connectivity index (χ0v) is 8.75. The zero-order valence-electron chi connectivity index (χ0n) is 8.00. The van der Waals surface area contributed by atoms with Crippen molar-refractivity contribution < 1.29 is 5.11 Å². The first-order valence-corrected chi connectivity index (χ1v) is 5.08. The molecule has 0 bridgehead atoms. The number of aliphatic hydroxyl groups is 1. The number of nitrogens with zero attached hydrogens (tertiary/aromatic N) is 1. The Morgan fingerprint density at radius 1 is 1.71 bits per heavy atom. The van der Waals surface area contributed by atoms with Crippen LogP contribution in [0, 0.1) is 12.8 Å². The summed E-state index contributed by atoms with van der Waals surface area (Å²) in [4.78, 5) is 4.16. The van der Waals surface area contributed by atoms with Crippen LogP contribution in [0.4, 0.5) is 5.82 Å². The molecular formula is C10H13ClN2O. The van der Waals surface area contributed by atoms with Crippen molar-refractivity contribution in [3.63, 3.8) is 0 Å². The van der Waals surface area contributed by atoms with E-state index >= 15 is 0 Å². The van der Waals surface area contributed by atoms with Gasteiger partial charge in [0.1, 0.15) is 5.82 Å². The molecule has 14 heavy (non-hydrogen) atoms. The van der Waals surface area contributed by atoms with Gasteiger partial charge in [-0.2, -0.15) is 0 Å². The van der Waals surface area contributed by atoms with Crippen LogP contribution in [-0.2, 0) is 0 Å². The van der Waals surface area contributed by atoms with Crippen molar-refractivity contribution in [3.8, 4) is 0 Å². The predicted octanol–water partition coefficient (Wildman–Crippen LogP) is 1.84. The normalized spacial score (nSPS) is 24.8. The Hall–Kier alpha value is -0.800. The number of rotatable bonds is 3. The smallest absolute Gasteiger partial charge is 0.145 e. The lowest BCUT2D eigenvalue weighted by Gasteiger charge is -2.07. The highest BCUT2D eigenvalue weighted by Crippen LogP contribution is 2.34. The first-order chi connectivity index (χ1) is 6.72. The van der Waals surface area contributed by atoms with Gasteiger partial charge in [0.15, 0.2) is 0 Å². The summed E-state index contributed by atoms with van der Waals surface area (Å²) < 4.78 is 0. The van der Waals surface area contributed by atoms with Crippen molar-refractivity contribution >= 4 is 17.4 Å². The standard InChI is InChI=1S/C10H13ClN2O/c1-6-2-3-12-10(9(6)11)13-8-4-7(8)5-14/h2-3,7-8,14H,4-5H2,1H3,(H,12,13)/t7-,8+/m0/s1. The minimum atomic E-state index is 0.237. The van der Waals surface area contributed by atoms with E-state index in [1.54, 1.807) is 6.20 Å². The van der Waals surface area contributed by atoms with Gasteiger partial charge in [-0.15, -0.1) is 0 Å². The lowest BCUT2D eigenvalue weighted by molar-refractivity contribution is 0.275. The Bertz CT molecular complexity index is 343. The molecule has 1 aromatic rings. The number of pyridine rings is 1. The van der Waals surface area contributed by atoms with E-state index in [2.05, 4.69) is 10.3 Å². The van der Waals surface area contributed by atoms with Crippen LogP contribution >= 0.6 is 11.6 Å². The van der Waals surface area contributed by atoms with Crippen LogP contribution in [0.2, 0.25) is 5.02 Å². The van der Waals surface area contributed by atoms with Gasteiger partial charge in [-0.3, -0.25) is 0 Å². The fraction of sp³-hybridized carbons (Fsp3) is 0.500. The van der Waals surface area contributed by atoms with E-state index in [4.69, 9.17) is 16.7 Å². The maximum atomic E-state index is 8.88. The van der Waals surface area contributed by atoms with Crippen molar-refractivity contribution in [1.82, 2.24) is 4.98 Å². The summed E-state index contributed by atoms with van der Waals surface area (Å²) in [5.74, 6) is 1.10. The SMILES string of the molecule is Cc1ccnc(N[C@@H]2C[C@H]2CO)c1Cl. The molecule has 0 radical (unpaired) electrons. The molecule has 4 heteroatoms. The lowest BCUT2D eigenvalue weighted by Crippen LogP contribution is -2.08. The Kier molecular flexibility index (Phi) is 2.61. The molecule has 1 heterocycles. The van der Waals surface area contributed by atoms with E-state index in [-0.39, 0.29) is 6.61 Å². The summed E-state index contributed by atoms with van der Waals surface area (Å²) in [7, 11) is 0. The number of hydrogen-bond donors (Lipinski definition) is 2. The molecule has 1 aliphatic rings. The van der Waals surface area contributed by atoms with Crippen molar-refractivity contribution in [1.29, 1.82) is 0 Å². The van der Waals surface area contributed by atoms with Gasteiger partial charge >= 0.3 is 0 Å². The fourth-order valence-corrected chi connectivity index (χ4v) is 1.61. The van der Waals surface area contributed by atoms with Crippen LogP contribution in [0.15, 0.2) is 12.3 Å². The number of aliphatic hydroxyl groups excluding tert-OH is 1. The lowest BCUT2D eigenvalue weighted by atomic mass is 10.3. The Labute approximate surface area is 88.1 Å². The second-order valence-corrected chi connectivity index (χ2v) is 4.10. The third kappa shape index (κ3) is 1.83. The molecule has 2 atom stereocenters. The molecule has 1 aromatic heterocycles. The third-order valence-electron chi connectivity index (χ3n) is 2.56. The quantitative estimate of drug-likeness (QED) is 0.804. The number of hydrogen-bond acceptors (Lipinski definition) is 3. The molecule has 1 saturated carbocycles. The molecule has 0 amide bonds. The second kappa shape index (κ2) is 3.75. The van der Waals surface area contributed by atoms with Gasteiger partial charge in [-0.1, -0.05) is 11.6 Å². The van der Waals surface area contributed by atoms with Crippen molar-refractivity contribution in [2.24, 2.45) is 5.92 Å². The fourth-order valence-electron chi connectivity index (χ4n) is 1.44. The maximum Gasteiger partial charge on any atom is 0.145 e. The summed E-state index contributed by atoms with van der Waals surface area (Å²) >= 11 is 6.07. The minimum absolute atomic E-state index is 0.237. The molecule has 0 aliphatic heterocycles. The van der Waals surface area contributed by atoms with Gasteiger partial charge in [0, 0.05) is 24.8 Å². The molecule has 0 aromatic carbocycles. The summed E-state index contributed by atoms with van der Waals surface area (Å²) in [6.07, 6.45) is 2.74. The van der Waals surface area contributed by atoms with Crippen LogP contribution in [0.25, 0.3) is 0 Å². The van der Waals surface area contributed by atoms with Gasteiger partial charge in [-0.05, 0) is 25.0 Å². The van der Waals surface area contributed by atoms with E-state index in [1.165, 1.54) is 0 Å². The van der Waals surface area contributed by atoms with Crippen LogP contribution in [-0.4, -0.2) is 22.7 Å². The Balaban J connectivity index is 2.07. The molecule has 2 rings (SSSR count). The highest BCUT2D eigenvalue weighted by Gasteiger charge is 2.36. The topological polar surface area (TPSA) is 45.2 Å². The molecule has 0 unspecified atom stereocenters. The number of aromatic nitrogens is 1. The minimum Gasteiger partial charge on any atom is -0.396 e. The van der Waals surface area contributed by atoms with Gasteiger partial charge in [-0.25, -0.2) is 4.98 Å². The molecule has 76 valence electrons. The molecule has 1 fully saturated rings. The van der Waals surface area contributed by atoms with E-state index < -0.39 is 0 Å². The third-order valence-corrected chi connectivity index (χ3v) is 3.04. The van der Waals surface area contributed by atoms with E-state index in [0.29, 0.717) is 17.0 Å². The highest BCUT2D eigenvalue weighted by molar-refractivity contribution is 6.33. The van der Waals surface area contributed by atoms with Crippen LogP contribution in [0.3, 0.4) is 0 Å². The highest BCUT2D eigenvalue weighted by atomic mass is 35.5. The van der Waals surface area contributed by atoms with Crippen molar-refractivity contribution in [3.05, 3.63) is 22.8 Å². The number of halogens is 1. The molecular weight excluding hydrogens is 200 g/mol. The van der Waals surface area contributed by atoms with Crippen LogP contribution in [0.5, 0.6) is 0 Å². The average Bonchev–Trinajstić information content (AvgIpc) is 2.92. The average molecular weight is 213 g/mol. The maximum absolute atomic E-state index is 8.88. The molecule has 2 N–H and O–H groups in total. The van der Waals surface area contributed by atoms with E-state index in [1.807, 2.05) is 13.0 Å². The molecule has 1 aliphatic carbocycles. The molecule has 0 saturated heterocycles. The first-order valence-electron chi connectivity index (χ1n) is 4.71. The predicted molar refractivity (Wildman–Crippen MR) is 56.6 cm³/mol. The number of nitrogens with one attached hydrogen (secondary N) is 1. The van der Waals surface area contributed by atoms with Crippen LogP contribution < -0.4 is 5.32 Å². The van der Waals surface area contributed by atoms with Crippen molar-refractivity contribution in [2.45, 2.75) is 19.4 Å². The Morgan fingerprint density at radius 2 is 2.50 bits per heavy atom. The van der Waals surface area contributed by atoms with Gasteiger partial charge in [0.25, 0.3) is 0 Å². The Morgan fingerprint density at radius 3 is 3.14 bits per heavy atom. The zero-order chi connectivity index (χ0) is 10.1. The largest absolute Gasteiger partial charge is 0.396 e. The summed E-state index contributed by atoms with van der Waals surface area (Å²) in [5.41, 5.74) is 1.02. The van der Waals surface area contributed by atoms with Gasteiger partial charge in [0.05, 0.1) is 5.02 Å². The monoisotopic (exact) mass is 212 g/mol. The van der Waals surface area contributed by atoms with Crippen molar-refractivity contribution in [2.75, 3.05) is 11.9 Å². The van der Waals surface area contributed by atoms with Gasteiger partial charge < -0.3 is 10.4 Å². The second-order valence-electron chi connectivity index (χ2n) is 3.72. The van der Waals surface area contributed by atoms with E-state index in [0.717, 1.165) is 17.8 Å². The summed E-state index contributed by atoms with van der Waals surface area (Å²) in [6, 6.07) is 2.22. The van der Waals surface area contributed by atoms with Gasteiger partial charge in [0.2, 0.25) is 0 Å². The number of anilines is 1. The van der Waals surface area contributed by atoms with E-state index in [9.17, 15) is 0 Å². The summed E-state index contributed by atoms with van der Waals surface area (Å²) in [5, 5.41) is 12.8.